The van der Waals surface area contributed by atoms with Crippen LogP contribution in [-0.2, 0) is 0 Å². The molecule has 1 fully saturated rings. The Morgan fingerprint density at radius 1 is 1.56 bits per heavy atom. The lowest BCUT2D eigenvalue weighted by atomic mass is 9.95. The Hall–Kier alpha value is -1.13. The van der Waals surface area contributed by atoms with Crippen LogP contribution in [0.3, 0.4) is 0 Å². The number of anilines is 1. The van der Waals surface area contributed by atoms with Gasteiger partial charge in [0.2, 0.25) is 0 Å². The van der Waals surface area contributed by atoms with Gasteiger partial charge < -0.3 is 15.7 Å². The van der Waals surface area contributed by atoms with E-state index in [1.807, 2.05) is 13.1 Å². The third kappa shape index (κ3) is 3.21. The molecule has 4 heteroatoms. The van der Waals surface area contributed by atoms with E-state index in [1.54, 1.807) is 0 Å². The second-order valence-electron chi connectivity index (χ2n) is 5.20. The van der Waals surface area contributed by atoms with Crippen LogP contribution in [0.15, 0.2) is 18.3 Å². The number of piperidine rings is 1. The maximum absolute atomic E-state index is 9.02. The summed E-state index contributed by atoms with van der Waals surface area (Å²) in [4.78, 5) is 6.82. The maximum atomic E-state index is 9.02. The number of aliphatic hydroxyl groups is 1. The highest BCUT2D eigenvalue weighted by molar-refractivity contribution is 5.40. The van der Waals surface area contributed by atoms with E-state index in [4.69, 9.17) is 10.8 Å². The van der Waals surface area contributed by atoms with Crippen LogP contribution < -0.4 is 10.6 Å². The molecule has 0 spiro atoms. The van der Waals surface area contributed by atoms with E-state index in [0.29, 0.717) is 5.92 Å². The minimum Gasteiger partial charge on any atom is -0.396 e. The largest absolute Gasteiger partial charge is 0.396 e. The third-order valence-corrected chi connectivity index (χ3v) is 3.68. The van der Waals surface area contributed by atoms with Crippen LogP contribution in [0.5, 0.6) is 0 Å². The fourth-order valence-corrected chi connectivity index (χ4v) is 2.55. The molecule has 2 heterocycles. The van der Waals surface area contributed by atoms with Crippen molar-refractivity contribution in [3.05, 3.63) is 23.9 Å². The molecule has 18 heavy (non-hydrogen) atoms. The molecule has 1 aliphatic heterocycles. The zero-order valence-electron chi connectivity index (χ0n) is 11.0. The van der Waals surface area contributed by atoms with Crippen LogP contribution in [0.4, 0.5) is 5.82 Å². The SMILES string of the molecule is C[C@@H](N)c1ccc(N2CCCC(CCO)C2)nc1. The zero-order valence-corrected chi connectivity index (χ0v) is 11.0. The third-order valence-electron chi connectivity index (χ3n) is 3.68. The highest BCUT2D eigenvalue weighted by atomic mass is 16.3. The van der Waals surface area contributed by atoms with Crippen LogP contribution >= 0.6 is 0 Å². The van der Waals surface area contributed by atoms with Gasteiger partial charge in [-0.15, -0.1) is 0 Å². The first-order valence-corrected chi connectivity index (χ1v) is 6.78. The Morgan fingerprint density at radius 2 is 2.39 bits per heavy atom. The van der Waals surface area contributed by atoms with Gasteiger partial charge in [-0.2, -0.15) is 0 Å². The maximum Gasteiger partial charge on any atom is 0.128 e. The molecule has 1 aliphatic rings. The van der Waals surface area contributed by atoms with Gasteiger partial charge in [0.15, 0.2) is 0 Å². The summed E-state index contributed by atoms with van der Waals surface area (Å²) in [5.41, 5.74) is 6.89. The van der Waals surface area contributed by atoms with Gasteiger partial charge >= 0.3 is 0 Å². The van der Waals surface area contributed by atoms with E-state index in [-0.39, 0.29) is 12.6 Å². The summed E-state index contributed by atoms with van der Waals surface area (Å²) >= 11 is 0. The molecule has 1 saturated heterocycles. The smallest absolute Gasteiger partial charge is 0.128 e. The van der Waals surface area contributed by atoms with Crippen LogP contribution in [0, 0.1) is 5.92 Å². The Balaban J connectivity index is 2.02. The summed E-state index contributed by atoms with van der Waals surface area (Å²) in [6.07, 6.45) is 5.17. The summed E-state index contributed by atoms with van der Waals surface area (Å²) in [5, 5.41) is 9.02. The highest BCUT2D eigenvalue weighted by Crippen LogP contribution is 2.24. The number of aromatic nitrogens is 1. The fraction of sp³-hybridized carbons (Fsp3) is 0.643. The molecule has 2 rings (SSSR count). The van der Waals surface area contributed by atoms with Crippen molar-refractivity contribution in [3.8, 4) is 0 Å². The van der Waals surface area contributed by atoms with Crippen molar-refractivity contribution in [1.82, 2.24) is 4.98 Å². The zero-order chi connectivity index (χ0) is 13.0. The molecule has 1 aromatic rings. The fourth-order valence-electron chi connectivity index (χ4n) is 2.55. The van der Waals surface area contributed by atoms with Crippen molar-refractivity contribution < 1.29 is 5.11 Å². The van der Waals surface area contributed by atoms with Gasteiger partial charge in [-0.25, -0.2) is 4.98 Å². The van der Waals surface area contributed by atoms with Crippen LogP contribution in [0.2, 0.25) is 0 Å². The Morgan fingerprint density at radius 3 is 3.00 bits per heavy atom. The number of nitrogens with two attached hydrogens (primary N) is 1. The topological polar surface area (TPSA) is 62.4 Å². The first kappa shape index (κ1) is 13.3. The van der Waals surface area contributed by atoms with Crippen molar-refractivity contribution in [3.63, 3.8) is 0 Å². The number of hydrogen-bond acceptors (Lipinski definition) is 4. The molecule has 0 amide bonds. The second kappa shape index (κ2) is 6.16. The predicted octanol–water partition coefficient (Wildman–Crippen LogP) is 1.70. The lowest BCUT2D eigenvalue weighted by Gasteiger charge is -2.33. The number of nitrogens with zero attached hydrogens (tertiary/aromatic N) is 2. The van der Waals surface area contributed by atoms with Crippen molar-refractivity contribution in [2.75, 3.05) is 24.6 Å². The summed E-state index contributed by atoms with van der Waals surface area (Å²) in [6.45, 7) is 4.32. The minimum atomic E-state index is 0.0371. The van der Waals surface area contributed by atoms with Gasteiger partial charge in [-0.1, -0.05) is 6.07 Å². The molecule has 0 aliphatic carbocycles. The van der Waals surface area contributed by atoms with Gasteiger partial charge in [0.05, 0.1) is 0 Å². The first-order chi connectivity index (χ1) is 8.70. The first-order valence-electron chi connectivity index (χ1n) is 6.78. The molecular formula is C14H23N3O. The monoisotopic (exact) mass is 249 g/mol. The van der Waals surface area contributed by atoms with Crippen molar-refractivity contribution in [2.24, 2.45) is 11.7 Å². The minimum absolute atomic E-state index is 0.0371. The predicted molar refractivity (Wildman–Crippen MR) is 73.5 cm³/mol. The van der Waals surface area contributed by atoms with E-state index in [9.17, 15) is 0 Å². The normalized spacial score (nSPS) is 21.9. The average molecular weight is 249 g/mol. The Bertz CT molecular complexity index is 362. The van der Waals surface area contributed by atoms with Gasteiger partial charge in [0.1, 0.15) is 5.82 Å². The van der Waals surface area contributed by atoms with Gasteiger partial charge in [0.25, 0.3) is 0 Å². The molecule has 4 nitrogen and oxygen atoms in total. The highest BCUT2D eigenvalue weighted by Gasteiger charge is 2.20. The molecule has 3 N–H and O–H groups in total. The standard InChI is InChI=1S/C14H23N3O/c1-11(15)13-4-5-14(16-9-13)17-7-2-3-12(10-17)6-8-18/h4-5,9,11-12,18H,2-3,6-8,10,15H2,1H3/t11-,12?/m1/s1. The van der Waals surface area contributed by atoms with E-state index >= 15 is 0 Å². The quantitative estimate of drug-likeness (QED) is 0.852. The van der Waals surface area contributed by atoms with Crippen molar-refractivity contribution in [2.45, 2.75) is 32.2 Å². The Labute approximate surface area is 109 Å². The molecule has 0 bridgehead atoms. The molecule has 1 unspecified atom stereocenters. The van der Waals surface area contributed by atoms with Gasteiger partial charge in [-0.3, -0.25) is 0 Å². The molecule has 100 valence electrons. The van der Waals surface area contributed by atoms with Crippen molar-refractivity contribution >= 4 is 5.82 Å². The van der Waals surface area contributed by atoms with Crippen LogP contribution in [0.25, 0.3) is 0 Å². The molecular weight excluding hydrogens is 226 g/mol. The second-order valence-corrected chi connectivity index (χ2v) is 5.20. The summed E-state index contributed by atoms with van der Waals surface area (Å²) in [7, 11) is 0. The van der Waals surface area contributed by atoms with Crippen LogP contribution in [-0.4, -0.2) is 29.8 Å². The molecule has 2 atom stereocenters. The summed E-state index contributed by atoms with van der Waals surface area (Å²) < 4.78 is 0. The van der Waals surface area contributed by atoms with E-state index in [1.165, 1.54) is 12.8 Å². The number of pyridine rings is 1. The number of rotatable bonds is 4. The average Bonchev–Trinajstić information content (AvgIpc) is 2.39. The molecule has 0 radical (unpaired) electrons. The van der Waals surface area contributed by atoms with Crippen LogP contribution in [0.1, 0.15) is 37.8 Å². The number of aliphatic hydroxyl groups excluding tert-OH is 1. The summed E-state index contributed by atoms with van der Waals surface area (Å²) in [6, 6.07) is 4.15. The lowest BCUT2D eigenvalue weighted by Crippen LogP contribution is -2.36. The molecule has 1 aromatic heterocycles. The van der Waals surface area contributed by atoms with Gasteiger partial charge in [-0.05, 0) is 43.7 Å². The molecule has 0 saturated carbocycles. The van der Waals surface area contributed by atoms with E-state index in [0.717, 1.165) is 30.9 Å². The molecule has 0 aromatic carbocycles. The lowest BCUT2D eigenvalue weighted by molar-refractivity contribution is 0.244. The summed E-state index contributed by atoms with van der Waals surface area (Å²) in [5.74, 6) is 1.63. The van der Waals surface area contributed by atoms with E-state index in [2.05, 4.69) is 22.0 Å². The Kier molecular flexibility index (Phi) is 4.55. The van der Waals surface area contributed by atoms with E-state index < -0.39 is 0 Å². The van der Waals surface area contributed by atoms with Gasteiger partial charge in [0, 0.05) is 31.9 Å². The number of hydrogen-bond donors (Lipinski definition) is 2. The van der Waals surface area contributed by atoms with Crippen molar-refractivity contribution in [1.29, 1.82) is 0 Å².